The molecule has 0 bridgehead atoms. The Bertz CT molecular complexity index is 1270. The van der Waals surface area contributed by atoms with Crippen molar-refractivity contribution in [1.29, 1.82) is 0 Å². The van der Waals surface area contributed by atoms with Crippen LogP contribution in [0.25, 0.3) is 11.1 Å². The summed E-state index contributed by atoms with van der Waals surface area (Å²) < 4.78 is 33.7. The van der Waals surface area contributed by atoms with E-state index in [0.29, 0.717) is 16.2 Å². The van der Waals surface area contributed by atoms with Crippen molar-refractivity contribution >= 4 is 29.4 Å². The summed E-state index contributed by atoms with van der Waals surface area (Å²) in [7, 11) is 0. The van der Waals surface area contributed by atoms with Crippen LogP contribution in [0.2, 0.25) is 0 Å². The Morgan fingerprint density at radius 3 is 2.18 bits per heavy atom. The van der Waals surface area contributed by atoms with Crippen molar-refractivity contribution in [3.8, 4) is 16.9 Å². The number of ether oxygens (including phenoxy) is 1. The van der Waals surface area contributed by atoms with Gasteiger partial charge in [-0.05, 0) is 36.8 Å². The first kappa shape index (κ1) is 21.8. The minimum Gasteiger partial charge on any atom is -0.493 e. The fourth-order valence-corrected chi connectivity index (χ4v) is 3.47. The normalized spacial score (nSPS) is 13.6. The molecule has 0 aromatic heterocycles. The lowest BCUT2D eigenvalue weighted by Crippen LogP contribution is -2.39. The maximum Gasteiger partial charge on any atom is 0.346 e. The van der Waals surface area contributed by atoms with Crippen LogP contribution in [0.1, 0.15) is 17.3 Å². The minimum atomic E-state index is -1.57. The van der Waals surface area contributed by atoms with Gasteiger partial charge in [0.25, 0.3) is 5.91 Å². The lowest BCUT2D eigenvalue weighted by atomic mass is 10.0. The molecule has 0 unspecified atom stereocenters. The molecule has 33 heavy (non-hydrogen) atoms. The van der Waals surface area contributed by atoms with Crippen LogP contribution >= 0.6 is 0 Å². The smallest absolute Gasteiger partial charge is 0.346 e. The number of urea groups is 1. The first-order chi connectivity index (χ1) is 15.8. The predicted octanol–water partition coefficient (Wildman–Crippen LogP) is 4.17. The van der Waals surface area contributed by atoms with Gasteiger partial charge >= 0.3 is 17.8 Å². The highest BCUT2D eigenvalue weighted by atomic mass is 19.1. The van der Waals surface area contributed by atoms with Crippen molar-refractivity contribution in [1.82, 2.24) is 4.90 Å². The third-order valence-corrected chi connectivity index (χ3v) is 4.96. The summed E-state index contributed by atoms with van der Waals surface area (Å²) in [6, 6.07) is 14.9. The van der Waals surface area contributed by atoms with Crippen LogP contribution in [0.4, 0.5) is 19.3 Å². The highest BCUT2D eigenvalue weighted by molar-refractivity contribution is 6.56. The lowest BCUT2D eigenvalue weighted by molar-refractivity contribution is -0.138. The standard InChI is InChI=1S/C24H16F2N2O5/c1-2-33-19-13-15(11-12-16(19)14-7-4-3-5-8-14)27-22(30)23(31)28(24(27)32)21(29)20-17(25)9-6-10-18(20)26/h3-13H,2H2,1H3. The largest absolute Gasteiger partial charge is 0.493 e. The van der Waals surface area contributed by atoms with Crippen LogP contribution in [0.3, 0.4) is 0 Å². The third-order valence-electron chi connectivity index (χ3n) is 4.96. The van der Waals surface area contributed by atoms with Crippen LogP contribution in [-0.4, -0.2) is 35.3 Å². The molecule has 0 atom stereocenters. The van der Waals surface area contributed by atoms with Crippen molar-refractivity contribution in [3.63, 3.8) is 0 Å². The first-order valence-electron chi connectivity index (χ1n) is 9.88. The molecular weight excluding hydrogens is 434 g/mol. The topological polar surface area (TPSA) is 84.0 Å². The van der Waals surface area contributed by atoms with E-state index in [1.54, 1.807) is 13.0 Å². The Hall–Kier alpha value is -4.40. The van der Waals surface area contributed by atoms with Crippen molar-refractivity contribution in [3.05, 3.63) is 83.9 Å². The highest BCUT2D eigenvalue weighted by Crippen LogP contribution is 2.35. The van der Waals surface area contributed by atoms with E-state index in [1.807, 2.05) is 30.3 Å². The van der Waals surface area contributed by atoms with Gasteiger partial charge in [0.2, 0.25) is 0 Å². The fraction of sp³-hybridized carbons (Fsp3) is 0.0833. The first-order valence-corrected chi connectivity index (χ1v) is 9.88. The number of carbonyl (C=O) groups is 4. The molecule has 0 aliphatic carbocycles. The van der Waals surface area contributed by atoms with Gasteiger partial charge in [0.15, 0.2) is 0 Å². The minimum absolute atomic E-state index is 0.0363. The van der Waals surface area contributed by atoms with Crippen molar-refractivity contribution in [2.75, 3.05) is 11.5 Å². The Balaban J connectivity index is 1.73. The average Bonchev–Trinajstić information content (AvgIpc) is 3.02. The Morgan fingerprint density at radius 1 is 0.879 bits per heavy atom. The van der Waals surface area contributed by atoms with Gasteiger partial charge in [-0.3, -0.25) is 14.4 Å². The number of nitrogens with zero attached hydrogens (tertiary/aromatic N) is 2. The van der Waals surface area contributed by atoms with E-state index < -0.39 is 41.0 Å². The molecule has 5 amide bonds. The zero-order valence-corrected chi connectivity index (χ0v) is 17.2. The van der Waals surface area contributed by atoms with Crippen LogP contribution in [0.15, 0.2) is 66.7 Å². The van der Waals surface area contributed by atoms with Gasteiger partial charge in [-0.25, -0.2) is 18.5 Å². The zero-order valence-electron chi connectivity index (χ0n) is 17.2. The molecule has 4 rings (SSSR count). The van der Waals surface area contributed by atoms with Gasteiger partial charge in [0.05, 0.1) is 12.3 Å². The highest BCUT2D eigenvalue weighted by Gasteiger charge is 2.50. The van der Waals surface area contributed by atoms with Crippen LogP contribution in [0, 0.1) is 11.6 Å². The molecule has 0 N–H and O–H groups in total. The molecule has 0 radical (unpaired) electrons. The van der Waals surface area contributed by atoms with Crippen molar-refractivity contribution in [2.45, 2.75) is 6.92 Å². The monoisotopic (exact) mass is 450 g/mol. The quantitative estimate of drug-likeness (QED) is 0.331. The summed E-state index contributed by atoms with van der Waals surface area (Å²) in [5.41, 5.74) is 0.344. The fourth-order valence-electron chi connectivity index (χ4n) is 3.47. The van der Waals surface area contributed by atoms with E-state index in [2.05, 4.69) is 0 Å². The van der Waals surface area contributed by atoms with Gasteiger partial charge < -0.3 is 4.74 Å². The second-order valence-electron chi connectivity index (χ2n) is 6.95. The van der Waals surface area contributed by atoms with Crippen molar-refractivity contribution < 1.29 is 32.7 Å². The molecule has 3 aromatic carbocycles. The van der Waals surface area contributed by atoms with Crippen LogP contribution in [0.5, 0.6) is 5.75 Å². The van der Waals surface area contributed by atoms with E-state index in [0.717, 1.165) is 23.8 Å². The van der Waals surface area contributed by atoms with E-state index in [9.17, 15) is 28.0 Å². The molecule has 0 spiro atoms. The Kier molecular flexibility index (Phi) is 5.70. The van der Waals surface area contributed by atoms with Gasteiger partial charge in [-0.15, -0.1) is 0 Å². The van der Waals surface area contributed by atoms with Crippen LogP contribution in [-0.2, 0) is 9.59 Å². The number of imide groups is 4. The summed E-state index contributed by atoms with van der Waals surface area (Å²) in [6.45, 7) is 2.03. The van der Waals surface area contributed by atoms with Gasteiger partial charge in [0.1, 0.15) is 22.9 Å². The van der Waals surface area contributed by atoms with Gasteiger partial charge in [-0.1, -0.05) is 36.4 Å². The van der Waals surface area contributed by atoms with Gasteiger partial charge in [-0.2, -0.15) is 4.90 Å². The molecule has 7 nitrogen and oxygen atoms in total. The molecule has 1 saturated heterocycles. The number of rotatable bonds is 5. The molecule has 1 fully saturated rings. The summed E-state index contributed by atoms with van der Waals surface area (Å²) in [4.78, 5) is 51.0. The van der Waals surface area contributed by atoms with E-state index in [-0.39, 0.29) is 17.2 Å². The maximum absolute atomic E-state index is 14.0. The third kappa shape index (κ3) is 3.73. The Morgan fingerprint density at radius 2 is 1.55 bits per heavy atom. The number of anilines is 1. The molecule has 1 aliphatic rings. The molecule has 166 valence electrons. The molecule has 0 saturated carbocycles. The van der Waals surface area contributed by atoms with Gasteiger partial charge in [0, 0.05) is 11.6 Å². The second kappa shape index (κ2) is 8.62. The van der Waals surface area contributed by atoms with Crippen molar-refractivity contribution in [2.24, 2.45) is 0 Å². The maximum atomic E-state index is 14.0. The molecule has 1 heterocycles. The number of halogens is 2. The molecule has 1 aliphatic heterocycles. The second-order valence-corrected chi connectivity index (χ2v) is 6.95. The van der Waals surface area contributed by atoms with E-state index >= 15 is 0 Å². The lowest BCUT2D eigenvalue weighted by Gasteiger charge is -2.17. The Labute approximate surface area is 186 Å². The van der Waals surface area contributed by atoms with E-state index in [4.69, 9.17) is 4.74 Å². The molecule has 9 heteroatoms. The number of carbonyl (C=O) groups excluding carboxylic acids is 4. The zero-order chi connectivity index (χ0) is 23.7. The van der Waals surface area contributed by atoms with Crippen LogP contribution < -0.4 is 9.64 Å². The molecule has 3 aromatic rings. The average molecular weight is 450 g/mol. The number of hydrogen-bond acceptors (Lipinski definition) is 5. The SMILES string of the molecule is CCOc1cc(N2C(=O)C(=O)N(C(=O)c3c(F)cccc3F)C2=O)ccc1-c1ccccc1. The number of benzene rings is 3. The predicted molar refractivity (Wildman–Crippen MR) is 113 cm³/mol. The molecular formula is C24H16F2N2O5. The number of hydrogen-bond donors (Lipinski definition) is 0. The summed E-state index contributed by atoms with van der Waals surface area (Å²) in [6.07, 6.45) is 0. The number of amides is 5. The van der Waals surface area contributed by atoms with E-state index in [1.165, 1.54) is 12.1 Å². The summed E-state index contributed by atoms with van der Waals surface area (Å²) in [5, 5.41) is 0. The summed E-state index contributed by atoms with van der Waals surface area (Å²) >= 11 is 0. The summed E-state index contributed by atoms with van der Waals surface area (Å²) in [5.74, 6) is -6.62.